The largest absolute Gasteiger partial charge is 0.352 e. The first-order chi connectivity index (χ1) is 12.7. The lowest BCUT2D eigenvalue weighted by Gasteiger charge is -2.34. The van der Waals surface area contributed by atoms with Crippen LogP contribution in [0.15, 0.2) is 46.6 Å². The fraction of sp³-hybridized carbons (Fsp3) is 0.235. The van der Waals surface area contributed by atoms with Crippen molar-refractivity contribution in [2.24, 2.45) is 0 Å². The minimum atomic E-state index is -0.323. The van der Waals surface area contributed by atoms with E-state index in [0.717, 1.165) is 16.4 Å². The number of amides is 1. The number of H-pyrrole nitrogens is 1. The molecule has 1 N–H and O–H groups in total. The van der Waals surface area contributed by atoms with E-state index in [4.69, 9.17) is 0 Å². The smallest absolute Gasteiger partial charge is 0.274 e. The Bertz CT molecular complexity index is 926. The molecule has 3 aromatic heterocycles. The third-order valence-corrected chi connectivity index (χ3v) is 5.11. The van der Waals surface area contributed by atoms with E-state index in [1.807, 2.05) is 29.6 Å². The Kier molecular flexibility index (Phi) is 4.44. The Labute approximate surface area is 153 Å². The van der Waals surface area contributed by atoms with Crippen molar-refractivity contribution >= 4 is 23.1 Å². The zero-order valence-corrected chi connectivity index (χ0v) is 14.6. The minimum absolute atomic E-state index is 0.181. The highest BCUT2D eigenvalue weighted by Crippen LogP contribution is 2.23. The molecule has 0 bridgehead atoms. The average Bonchev–Trinajstić information content (AvgIpc) is 3.23. The molecule has 0 radical (unpaired) electrons. The number of aromatic nitrogens is 4. The van der Waals surface area contributed by atoms with Gasteiger partial charge in [-0.3, -0.25) is 9.59 Å². The molecule has 1 aliphatic heterocycles. The van der Waals surface area contributed by atoms with Crippen LogP contribution in [0.3, 0.4) is 0 Å². The van der Waals surface area contributed by atoms with E-state index in [2.05, 4.69) is 25.3 Å². The van der Waals surface area contributed by atoms with Crippen LogP contribution < -0.4 is 10.5 Å². The highest BCUT2D eigenvalue weighted by molar-refractivity contribution is 7.13. The molecule has 0 aliphatic carbocycles. The van der Waals surface area contributed by atoms with Crippen molar-refractivity contribution in [1.82, 2.24) is 25.3 Å². The maximum atomic E-state index is 12.4. The number of nitrogens with zero attached hydrogens (tertiary/aromatic N) is 5. The number of anilines is 1. The molecule has 1 aliphatic rings. The highest BCUT2D eigenvalue weighted by Gasteiger charge is 2.24. The predicted octanol–water partition coefficient (Wildman–Crippen LogP) is 1.25. The van der Waals surface area contributed by atoms with Gasteiger partial charge in [-0.1, -0.05) is 6.07 Å². The van der Waals surface area contributed by atoms with Gasteiger partial charge >= 0.3 is 0 Å². The van der Waals surface area contributed by atoms with Crippen LogP contribution in [-0.4, -0.2) is 57.4 Å². The van der Waals surface area contributed by atoms with Crippen LogP contribution in [0.5, 0.6) is 0 Å². The number of hydrogen-bond acceptors (Lipinski definition) is 7. The van der Waals surface area contributed by atoms with Crippen molar-refractivity contribution in [2.45, 2.75) is 0 Å². The van der Waals surface area contributed by atoms with Crippen molar-refractivity contribution < 1.29 is 4.79 Å². The van der Waals surface area contributed by atoms with Crippen molar-refractivity contribution in [3.8, 4) is 10.6 Å². The quantitative estimate of drug-likeness (QED) is 0.748. The molecule has 4 heterocycles. The van der Waals surface area contributed by atoms with E-state index in [1.54, 1.807) is 16.2 Å². The molecule has 9 heteroatoms. The molecule has 0 atom stereocenters. The molecule has 0 aromatic carbocycles. The first-order valence-electron chi connectivity index (χ1n) is 8.18. The summed E-state index contributed by atoms with van der Waals surface area (Å²) in [6.45, 7) is 2.46. The number of thiophene rings is 1. The second-order valence-corrected chi connectivity index (χ2v) is 6.79. The fourth-order valence-corrected chi connectivity index (χ4v) is 3.50. The Balaban J connectivity index is 1.39. The summed E-state index contributed by atoms with van der Waals surface area (Å²) in [5.41, 5.74) is 0.788. The predicted molar refractivity (Wildman–Crippen MR) is 98.3 cm³/mol. The van der Waals surface area contributed by atoms with E-state index >= 15 is 0 Å². The maximum Gasteiger partial charge on any atom is 0.274 e. The molecule has 0 saturated carbocycles. The molecule has 1 saturated heterocycles. The van der Waals surface area contributed by atoms with E-state index in [0.29, 0.717) is 26.2 Å². The Hall–Kier alpha value is -3.07. The van der Waals surface area contributed by atoms with Crippen molar-refractivity contribution in [3.05, 3.63) is 57.8 Å². The standard InChI is InChI=1S/C17H16N6O2S/c24-16-6-4-13(19-21-16)17(25)23-9-7-22(8-10-23)15-5-3-12(18-20-15)14-2-1-11-26-14/h1-6,11H,7-10H2,(H,21,24). The van der Waals surface area contributed by atoms with Crippen LogP contribution in [0.1, 0.15) is 10.5 Å². The fourth-order valence-electron chi connectivity index (χ4n) is 2.81. The normalized spacial score (nSPS) is 14.5. The number of rotatable bonds is 3. The summed E-state index contributed by atoms with van der Waals surface area (Å²) in [6, 6.07) is 10.7. The second kappa shape index (κ2) is 7.04. The third-order valence-electron chi connectivity index (χ3n) is 4.21. The van der Waals surface area contributed by atoms with Crippen molar-refractivity contribution in [2.75, 3.05) is 31.1 Å². The van der Waals surface area contributed by atoms with Crippen molar-refractivity contribution in [1.29, 1.82) is 0 Å². The molecule has 4 rings (SSSR count). The number of carbonyl (C=O) groups is 1. The van der Waals surface area contributed by atoms with E-state index < -0.39 is 0 Å². The number of hydrogen-bond donors (Lipinski definition) is 1. The van der Waals surface area contributed by atoms with Crippen LogP contribution in [-0.2, 0) is 0 Å². The SMILES string of the molecule is O=C(c1ccc(=O)[nH]n1)N1CCN(c2ccc(-c3cccs3)nn2)CC1. The van der Waals surface area contributed by atoms with Crippen LogP contribution in [0.2, 0.25) is 0 Å². The molecule has 0 spiro atoms. The third kappa shape index (κ3) is 3.33. The van der Waals surface area contributed by atoms with Crippen molar-refractivity contribution in [3.63, 3.8) is 0 Å². The summed E-state index contributed by atoms with van der Waals surface area (Å²) in [5.74, 6) is 0.625. The molecule has 26 heavy (non-hydrogen) atoms. The van der Waals surface area contributed by atoms with E-state index in [-0.39, 0.29) is 17.2 Å². The molecular weight excluding hydrogens is 352 g/mol. The number of aromatic amines is 1. The van der Waals surface area contributed by atoms with Gasteiger partial charge in [0.1, 0.15) is 11.4 Å². The summed E-state index contributed by atoms with van der Waals surface area (Å²) >= 11 is 1.63. The minimum Gasteiger partial charge on any atom is -0.352 e. The van der Waals surface area contributed by atoms with Gasteiger partial charge in [0.25, 0.3) is 11.5 Å². The van der Waals surface area contributed by atoms with Gasteiger partial charge in [0.2, 0.25) is 0 Å². The number of piperazine rings is 1. The lowest BCUT2D eigenvalue weighted by molar-refractivity contribution is 0.0739. The monoisotopic (exact) mass is 368 g/mol. The molecule has 132 valence electrons. The summed E-state index contributed by atoms with van der Waals surface area (Å²) in [4.78, 5) is 28.4. The van der Waals surface area contributed by atoms with Crippen LogP contribution >= 0.6 is 11.3 Å². The zero-order chi connectivity index (χ0) is 17.9. The average molecular weight is 368 g/mol. The van der Waals surface area contributed by atoms with E-state index in [9.17, 15) is 9.59 Å². The van der Waals surface area contributed by atoms with Gasteiger partial charge in [-0.25, -0.2) is 5.10 Å². The van der Waals surface area contributed by atoms with Gasteiger partial charge in [-0.2, -0.15) is 5.10 Å². The van der Waals surface area contributed by atoms with Crippen LogP contribution in [0, 0.1) is 0 Å². The van der Waals surface area contributed by atoms with Gasteiger partial charge in [-0.05, 0) is 29.6 Å². The van der Waals surface area contributed by atoms with E-state index in [1.165, 1.54) is 12.1 Å². The summed E-state index contributed by atoms with van der Waals surface area (Å²) in [7, 11) is 0. The van der Waals surface area contributed by atoms with Gasteiger partial charge in [0.15, 0.2) is 5.82 Å². The molecule has 3 aromatic rings. The Morgan fingerprint density at radius 3 is 2.50 bits per heavy atom. The topological polar surface area (TPSA) is 95.1 Å². The van der Waals surface area contributed by atoms with Crippen LogP contribution in [0.25, 0.3) is 10.6 Å². The van der Waals surface area contributed by atoms with Gasteiger partial charge in [0, 0.05) is 32.2 Å². The number of carbonyl (C=O) groups excluding carboxylic acids is 1. The maximum absolute atomic E-state index is 12.4. The Morgan fingerprint density at radius 2 is 1.88 bits per heavy atom. The first-order valence-corrected chi connectivity index (χ1v) is 9.06. The summed E-state index contributed by atoms with van der Waals surface area (Å²) in [5, 5.41) is 16.7. The lowest BCUT2D eigenvalue weighted by atomic mass is 10.2. The summed E-state index contributed by atoms with van der Waals surface area (Å²) in [6.07, 6.45) is 0. The molecule has 8 nitrogen and oxygen atoms in total. The highest BCUT2D eigenvalue weighted by atomic mass is 32.1. The van der Waals surface area contributed by atoms with Gasteiger partial charge in [-0.15, -0.1) is 21.5 Å². The lowest BCUT2D eigenvalue weighted by Crippen LogP contribution is -2.49. The molecule has 0 unspecified atom stereocenters. The van der Waals surface area contributed by atoms with Crippen LogP contribution in [0.4, 0.5) is 5.82 Å². The molecular formula is C17H16N6O2S. The zero-order valence-electron chi connectivity index (χ0n) is 13.8. The molecule has 1 fully saturated rings. The molecule has 1 amide bonds. The number of nitrogens with one attached hydrogen (secondary N) is 1. The Morgan fingerprint density at radius 1 is 1.04 bits per heavy atom. The summed E-state index contributed by atoms with van der Waals surface area (Å²) < 4.78 is 0. The van der Waals surface area contributed by atoms with Gasteiger partial charge in [0.05, 0.1) is 4.88 Å². The first kappa shape index (κ1) is 16.4. The second-order valence-electron chi connectivity index (χ2n) is 5.84. The van der Waals surface area contributed by atoms with Gasteiger partial charge < -0.3 is 9.80 Å².